The van der Waals surface area contributed by atoms with Gasteiger partial charge in [0.05, 0.1) is 24.4 Å². The van der Waals surface area contributed by atoms with Crippen molar-refractivity contribution < 1.29 is 14.3 Å². The quantitative estimate of drug-likeness (QED) is 0.459. The third kappa shape index (κ3) is 6.02. The predicted octanol–water partition coefficient (Wildman–Crippen LogP) is 4.36. The minimum absolute atomic E-state index is 0.0410. The zero-order valence-electron chi connectivity index (χ0n) is 24.8. The number of hydrogen-bond acceptors (Lipinski definition) is 8. The van der Waals surface area contributed by atoms with Gasteiger partial charge in [-0.3, -0.25) is 9.59 Å². The molecular formula is C31H43N7O3. The number of methoxy groups -OCH3 is 1. The van der Waals surface area contributed by atoms with E-state index in [-0.39, 0.29) is 17.9 Å². The fourth-order valence-electron chi connectivity index (χ4n) is 6.37. The summed E-state index contributed by atoms with van der Waals surface area (Å²) in [5.74, 6) is 1.62. The highest BCUT2D eigenvalue weighted by molar-refractivity contribution is 6.01. The van der Waals surface area contributed by atoms with Gasteiger partial charge in [0.25, 0.3) is 5.91 Å². The predicted molar refractivity (Wildman–Crippen MR) is 162 cm³/mol. The van der Waals surface area contributed by atoms with Crippen LogP contribution in [-0.4, -0.2) is 79.6 Å². The van der Waals surface area contributed by atoms with Crippen molar-refractivity contribution in [1.29, 1.82) is 0 Å². The Morgan fingerprint density at radius 1 is 1.20 bits per heavy atom. The van der Waals surface area contributed by atoms with Crippen molar-refractivity contribution in [3.63, 3.8) is 0 Å². The number of piperidine rings is 1. The van der Waals surface area contributed by atoms with Gasteiger partial charge in [-0.1, -0.05) is 18.9 Å². The van der Waals surface area contributed by atoms with Crippen molar-refractivity contribution in [2.75, 3.05) is 56.0 Å². The lowest BCUT2D eigenvalue weighted by Crippen LogP contribution is -2.46. The van der Waals surface area contributed by atoms with E-state index in [9.17, 15) is 9.59 Å². The lowest BCUT2D eigenvalue weighted by molar-refractivity contribution is -0.126. The summed E-state index contributed by atoms with van der Waals surface area (Å²) in [6.07, 6.45) is 10.5. The molecule has 1 saturated carbocycles. The van der Waals surface area contributed by atoms with E-state index in [0.717, 1.165) is 44.6 Å². The first-order valence-corrected chi connectivity index (χ1v) is 14.7. The van der Waals surface area contributed by atoms with Crippen molar-refractivity contribution in [1.82, 2.24) is 20.2 Å². The largest absolute Gasteiger partial charge is 0.495 e. The number of nitrogens with one attached hydrogen (secondary N) is 2. The van der Waals surface area contributed by atoms with Gasteiger partial charge in [0.1, 0.15) is 11.4 Å². The number of rotatable bonds is 8. The number of carbonyl (C=O) groups excluding carboxylic acids is 2. The number of benzene rings is 1. The number of aromatic nitrogens is 2. The van der Waals surface area contributed by atoms with Crippen LogP contribution in [-0.2, 0) is 4.79 Å². The molecule has 1 aromatic carbocycles. The molecule has 2 aromatic rings. The van der Waals surface area contributed by atoms with Crippen LogP contribution < -0.4 is 25.2 Å². The smallest absolute Gasteiger partial charge is 0.251 e. The second-order valence-electron chi connectivity index (χ2n) is 12.0. The van der Waals surface area contributed by atoms with Gasteiger partial charge in [0.2, 0.25) is 11.9 Å². The molecule has 1 aromatic heterocycles. The molecule has 2 N–H and O–H groups in total. The summed E-state index contributed by atoms with van der Waals surface area (Å²) in [5.41, 5.74) is 1.29. The van der Waals surface area contributed by atoms with E-state index in [2.05, 4.69) is 39.0 Å². The number of hydrogen-bond donors (Lipinski definition) is 2. The summed E-state index contributed by atoms with van der Waals surface area (Å²) >= 11 is 0. The van der Waals surface area contributed by atoms with Gasteiger partial charge in [-0.15, -0.1) is 6.58 Å². The maximum absolute atomic E-state index is 13.6. The average molecular weight is 562 g/mol. The standard InChI is InChI=1S/C31H43N7O3/c1-6-15-31(2)20-38(23-9-7-8-10-23)27-25(37(4)29(31)40)19-32-30(35-27)34-24-12-11-21(18-26(24)41-5)28(39)33-22-13-16-36(3)17-14-22/h6,11-12,18-19,22-23H,1,7-10,13-17,20H2,2-5H3,(H,33,39)(H,32,34,35)/t31-/m0/s1. The molecule has 1 saturated heterocycles. The van der Waals surface area contributed by atoms with E-state index in [4.69, 9.17) is 9.72 Å². The van der Waals surface area contributed by atoms with Crippen molar-refractivity contribution in [2.24, 2.45) is 5.41 Å². The average Bonchev–Trinajstić information content (AvgIpc) is 3.49. The third-order valence-corrected chi connectivity index (χ3v) is 8.85. The summed E-state index contributed by atoms with van der Waals surface area (Å²) in [6, 6.07) is 5.85. The Kier molecular flexibility index (Phi) is 8.49. The summed E-state index contributed by atoms with van der Waals surface area (Å²) in [6.45, 7) is 8.47. The third-order valence-electron chi connectivity index (χ3n) is 8.85. The maximum atomic E-state index is 13.6. The van der Waals surface area contributed by atoms with Crippen LogP contribution in [0.3, 0.4) is 0 Å². The summed E-state index contributed by atoms with van der Waals surface area (Å²) in [7, 11) is 5.49. The van der Waals surface area contributed by atoms with E-state index >= 15 is 0 Å². The van der Waals surface area contributed by atoms with Crippen LogP contribution in [0, 0.1) is 5.41 Å². The van der Waals surface area contributed by atoms with Gasteiger partial charge in [-0.05, 0) is 77.4 Å². The monoisotopic (exact) mass is 561 g/mol. The molecule has 0 spiro atoms. The fourth-order valence-corrected chi connectivity index (χ4v) is 6.37. The summed E-state index contributed by atoms with van der Waals surface area (Å²) < 4.78 is 5.66. The van der Waals surface area contributed by atoms with E-state index in [1.807, 2.05) is 19.1 Å². The molecule has 220 valence electrons. The van der Waals surface area contributed by atoms with Crippen LogP contribution in [0.25, 0.3) is 0 Å². The van der Waals surface area contributed by atoms with Gasteiger partial charge < -0.3 is 30.1 Å². The van der Waals surface area contributed by atoms with Gasteiger partial charge in [-0.2, -0.15) is 4.98 Å². The number of nitrogens with zero attached hydrogens (tertiary/aromatic N) is 5. The van der Waals surface area contributed by atoms with Gasteiger partial charge in [-0.25, -0.2) is 4.98 Å². The molecule has 3 heterocycles. The fraction of sp³-hybridized carbons (Fsp3) is 0.548. The first-order chi connectivity index (χ1) is 19.7. The molecule has 1 atom stereocenters. The van der Waals surface area contributed by atoms with Crippen molar-refractivity contribution in [2.45, 2.75) is 64.0 Å². The molecule has 41 heavy (non-hydrogen) atoms. The van der Waals surface area contributed by atoms with Crippen LogP contribution >= 0.6 is 0 Å². The first-order valence-electron chi connectivity index (χ1n) is 14.7. The number of likely N-dealkylation sites (tertiary alicyclic amines) is 1. The molecule has 5 rings (SSSR count). The molecule has 3 aliphatic rings. The summed E-state index contributed by atoms with van der Waals surface area (Å²) in [5, 5.41) is 6.46. The topological polar surface area (TPSA) is 103 Å². The number of anilines is 4. The minimum Gasteiger partial charge on any atom is -0.495 e. The van der Waals surface area contributed by atoms with Crippen LogP contribution in [0.15, 0.2) is 37.1 Å². The Hall–Kier alpha value is -3.66. The molecule has 10 heteroatoms. The first kappa shape index (κ1) is 28.9. The van der Waals surface area contributed by atoms with Gasteiger partial charge in [0.15, 0.2) is 5.82 Å². The lowest BCUT2D eigenvalue weighted by atomic mass is 9.84. The van der Waals surface area contributed by atoms with E-state index in [1.54, 1.807) is 37.4 Å². The number of fused-ring (bicyclic) bond motifs is 1. The highest BCUT2D eigenvalue weighted by atomic mass is 16.5. The normalized spacial score (nSPS) is 22.3. The van der Waals surface area contributed by atoms with Crippen molar-refractivity contribution >= 4 is 35.0 Å². The zero-order chi connectivity index (χ0) is 29.1. The second kappa shape index (κ2) is 12.1. The molecule has 10 nitrogen and oxygen atoms in total. The Labute approximate surface area is 243 Å². The Morgan fingerprint density at radius 2 is 1.93 bits per heavy atom. The van der Waals surface area contributed by atoms with E-state index in [1.165, 1.54) is 12.8 Å². The Balaban J connectivity index is 1.40. The second-order valence-corrected chi connectivity index (χ2v) is 12.0. The minimum atomic E-state index is -0.611. The van der Waals surface area contributed by atoms with E-state index < -0.39 is 5.41 Å². The SMILES string of the molecule is C=CC[C@@]1(C)CN(C2CCCC2)c2nc(Nc3ccc(C(=O)NC4CCN(C)CC4)cc3OC)ncc2N(C)C1=O. The lowest BCUT2D eigenvalue weighted by Gasteiger charge is -2.35. The highest BCUT2D eigenvalue weighted by Gasteiger charge is 2.43. The van der Waals surface area contributed by atoms with Crippen LogP contribution in [0.1, 0.15) is 62.2 Å². The van der Waals surface area contributed by atoms with Crippen LogP contribution in [0.2, 0.25) is 0 Å². The molecule has 0 bridgehead atoms. The number of carbonyl (C=O) groups is 2. The van der Waals surface area contributed by atoms with Crippen molar-refractivity contribution in [3.05, 3.63) is 42.6 Å². The molecule has 2 amide bonds. The molecular weight excluding hydrogens is 518 g/mol. The van der Waals surface area contributed by atoms with Crippen LogP contribution in [0.5, 0.6) is 5.75 Å². The van der Waals surface area contributed by atoms with E-state index in [0.29, 0.717) is 47.6 Å². The highest BCUT2D eigenvalue weighted by Crippen LogP contribution is 2.42. The number of allylic oxidation sites excluding steroid dienone is 1. The molecule has 0 unspecified atom stereocenters. The molecule has 0 radical (unpaired) electrons. The zero-order valence-corrected chi connectivity index (χ0v) is 24.8. The van der Waals surface area contributed by atoms with Crippen LogP contribution in [0.4, 0.5) is 23.1 Å². The molecule has 2 fully saturated rings. The number of amides is 2. The van der Waals surface area contributed by atoms with Gasteiger partial charge in [0, 0.05) is 31.2 Å². The van der Waals surface area contributed by atoms with Crippen molar-refractivity contribution in [3.8, 4) is 5.75 Å². The summed E-state index contributed by atoms with van der Waals surface area (Å²) in [4.78, 5) is 42.4. The molecule has 1 aliphatic carbocycles. The Morgan fingerprint density at radius 3 is 2.61 bits per heavy atom. The molecule has 2 aliphatic heterocycles. The maximum Gasteiger partial charge on any atom is 0.251 e. The number of ether oxygens (including phenoxy) is 1. The van der Waals surface area contributed by atoms with Gasteiger partial charge >= 0.3 is 0 Å². The Bertz CT molecular complexity index is 1290.